The van der Waals surface area contributed by atoms with Crippen LogP contribution in [-0.2, 0) is 15.3 Å². The highest BCUT2D eigenvalue weighted by Crippen LogP contribution is 2.22. The van der Waals surface area contributed by atoms with Crippen molar-refractivity contribution in [3.63, 3.8) is 0 Å². The Labute approximate surface area is 104 Å². The molecule has 1 atom stereocenters. The third kappa shape index (κ3) is 4.46. The molecule has 0 aliphatic rings. The summed E-state index contributed by atoms with van der Waals surface area (Å²) in [5.74, 6) is 0.681. The molecule has 5 heteroatoms. The predicted octanol–water partition coefficient (Wildman–Crippen LogP) is 1.90. The van der Waals surface area contributed by atoms with E-state index in [-0.39, 0.29) is 6.61 Å². The highest BCUT2D eigenvalue weighted by atomic mass is 32.2. The molecule has 0 bridgehead atoms. The molecule has 1 aromatic rings. The number of aliphatic hydroxyl groups excluding tert-OH is 1. The second kappa shape index (κ2) is 6.14. The van der Waals surface area contributed by atoms with E-state index in [2.05, 4.69) is 0 Å². The van der Waals surface area contributed by atoms with Crippen LogP contribution in [0.3, 0.4) is 0 Å². The Hall–Kier alpha value is -0.910. The lowest BCUT2D eigenvalue weighted by molar-refractivity contribution is 0.0764. The van der Waals surface area contributed by atoms with Gasteiger partial charge in [-0.15, -0.1) is 0 Å². The summed E-state index contributed by atoms with van der Waals surface area (Å²) in [5.41, 5.74) is -0.420. The lowest BCUT2D eigenvalue weighted by Crippen LogP contribution is -2.29. The molecule has 0 aromatic heterocycles. The molecular weight excluding hydrogens is 240 g/mol. The van der Waals surface area contributed by atoms with E-state index in [1.54, 1.807) is 24.3 Å². The molecule has 0 amide bonds. The molecule has 1 aromatic carbocycles. The van der Waals surface area contributed by atoms with E-state index >= 15 is 0 Å². The van der Waals surface area contributed by atoms with Crippen LogP contribution in [0.2, 0.25) is 0 Å². The molecule has 0 saturated heterocycles. The second-order valence-electron chi connectivity index (χ2n) is 4.21. The van der Waals surface area contributed by atoms with Crippen LogP contribution in [0, 0.1) is 0 Å². The van der Waals surface area contributed by atoms with Crippen LogP contribution in [0.15, 0.2) is 29.2 Å². The van der Waals surface area contributed by atoms with E-state index in [4.69, 9.17) is 14.0 Å². The summed E-state index contributed by atoms with van der Waals surface area (Å²) in [4.78, 5) is 0.597. The van der Waals surface area contributed by atoms with Crippen molar-refractivity contribution in [2.45, 2.75) is 30.8 Å². The summed E-state index contributed by atoms with van der Waals surface area (Å²) in [6, 6.07) is 6.88. The molecule has 1 rings (SSSR count). The Balaban J connectivity index is 2.71. The van der Waals surface area contributed by atoms with Gasteiger partial charge in [0.05, 0.1) is 12.0 Å². The third-order valence-corrected chi connectivity index (χ3v) is 3.24. The van der Waals surface area contributed by atoms with Crippen LogP contribution in [0.4, 0.5) is 0 Å². The summed E-state index contributed by atoms with van der Waals surface area (Å²) in [5, 5.41) is 8.89. The minimum atomic E-state index is -1.42. The lowest BCUT2D eigenvalue weighted by atomic mass is 10.1. The average Bonchev–Trinajstić information content (AvgIpc) is 2.28. The van der Waals surface area contributed by atoms with Crippen molar-refractivity contribution in [3.8, 4) is 5.75 Å². The topological polar surface area (TPSA) is 55.8 Å². The second-order valence-corrected chi connectivity index (χ2v) is 5.48. The highest BCUT2D eigenvalue weighted by Gasteiger charge is 2.18. The first kappa shape index (κ1) is 14.2. The highest BCUT2D eigenvalue weighted by molar-refractivity contribution is 7.80. The zero-order valence-electron chi connectivity index (χ0n) is 10.3. The average molecular weight is 258 g/mol. The summed E-state index contributed by atoms with van der Waals surface area (Å²) < 4.78 is 21.8. The van der Waals surface area contributed by atoms with Crippen molar-refractivity contribution in [3.05, 3.63) is 24.3 Å². The van der Waals surface area contributed by atoms with Gasteiger partial charge >= 0.3 is 0 Å². The van der Waals surface area contributed by atoms with Crippen LogP contribution in [-0.4, -0.2) is 28.6 Å². The van der Waals surface area contributed by atoms with Gasteiger partial charge in [0, 0.05) is 13.0 Å². The molecule has 0 radical (unpaired) electrons. The van der Waals surface area contributed by atoms with Crippen molar-refractivity contribution >= 4 is 11.1 Å². The van der Waals surface area contributed by atoms with Crippen LogP contribution >= 0.6 is 0 Å². The number of aliphatic hydroxyl groups is 1. The maximum atomic E-state index is 11.3. The maximum Gasteiger partial charge on any atom is 0.188 e. The normalized spacial score (nSPS) is 13.4. The number of hydrogen-bond acceptors (Lipinski definition) is 4. The van der Waals surface area contributed by atoms with E-state index in [1.165, 1.54) is 7.11 Å². The van der Waals surface area contributed by atoms with Crippen molar-refractivity contribution in [2.24, 2.45) is 0 Å². The number of rotatable bonds is 6. The van der Waals surface area contributed by atoms with Crippen LogP contribution in [0.1, 0.15) is 20.3 Å². The maximum absolute atomic E-state index is 11.3. The number of benzene rings is 1. The third-order valence-electron chi connectivity index (χ3n) is 2.28. The monoisotopic (exact) mass is 258 g/mol. The van der Waals surface area contributed by atoms with E-state index in [9.17, 15) is 4.21 Å². The molecule has 0 fully saturated rings. The predicted molar refractivity (Wildman–Crippen MR) is 66.3 cm³/mol. The first-order valence-electron chi connectivity index (χ1n) is 5.35. The number of hydrogen-bond donors (Lipinski definition) is 1. The van der Waals surface area contributed by atoms with Crippen LogP contribution in [0.5, 0.6) is 5.75 Å². The van der Waals surface area contributed by atoms with Gasteiger partial charge < -0.3 is 9.84 Å². The molecule has 1 unspecified atom stereocenters. The van der Waals surface area contributed by atoms with Gasteiger partial charge in [-0.2, -0.15) is 0 Å². The molecule has 0 spiro atoms. The molecule has 0 aliphatic carbocycles. The SMILES string of the molecule is COS(=O)c1ccc(OC(C)(C)CCO)cc1. The van der Waals surface area contributed by atoms with Gasteiger partial charge in [0.1, 0.15) is 11.4 Å². The summed E-state index contributed by atoms with van der Waals surface area (Å²) >= 11 is -1.42. The first-order valence-corrected chi connectivity index (χ1v) is 6.42. The zero-order valence-corrected chi connectivity index (χ0v) is 11.1. The minimum absolute atomic E-state index is 0.0821. The Morgan fingerprint density at radius 3 is 2.35 bits per heavy atom. The standard InChI is InChI=1S/C12H18O4S/c1-12(2,8-9-13)16-10-4-6-11(7-5-10)17(14)15-3/h4-7,13H,8-9H2,1-3H3. The fourth-order valence-electron chi connectivity index (χ4n) is 1.35. The Morgan fingerprint density at radius 1 is 1.29 bits per heavy atom. The van der Waals surface area contributed by atoms with Crippen molar-refractivity contribution in [1.29, 1.82) is 0 Å². The molecule has 0 heterocycles. The van der Waals surface area contributed by atoms with Crippen LogP contribution < -0.4 is 4.74 Å². The largest absolute Gasteiger partial charge is 0.488 e. The summed E-state index contributed by atoms with van der Waals surface area (Å²) in [6.45, 7) is 3.90. The molecule has 1 N–H and O–H groups in total. The molecule has 4 nitrogen and oxygen atoms in total. The Kier molecular flexibility index (Phi) is 5.11. The fraction of sp³-hybridized carbons (Fsp3) is 0.500. The van der Waals surface area contributed by atoms with E-state index in [0.29, 0.717) is 17.1 Å². The van der Waals surface area contributed by atoms with Gasteiger partial charge in [-0.3, -0.25) is 4.18 Å². The van der Waals surface area contributed by atoms with Gasteiger partial charge in [0.2, 0.25) is 0 Å². The summed E-state index contributed by atoms with van der Waals surface area (Å²) in [7, 11) is 1.39. The zero-order chi connectivity index (χ0) is 12.9. The minimum Gasteiger partial charge on any atom is -0.488 e. The number of ether oxygens (including phenoxy) is 1. The van der Waals surface area contributed by atoms with Gasteiger partial charge in [0.15, 0.2) is 11.1 Å². The van der Waals surface area contributed by atoms with Crippen LogP contribution in [0.25, 0.3) is 0 Å². The van der Waals surface area contributed by atoms with Gasteiger partial charge in [0.25, 0.3) is 0 Å². The van der Waals surface area contributed by atoms with Crippen molar-refractivity contribution in [2.75, 3.05) is 13.7 Å². The smallest absolute Gasteiger partial charge is 0.188 e. The molecule has 0 aliphatic heterocycles. The quantitative estimate of drug-likeness (QED) is 0.846. The Morgan fingerprint density at radius 2 is 1.88 bits per heavy atom. The summed E-state index contributed by atoms with van der Waals surface area (Å²) in [6.07, 6.45) is 0.554. The van der Waals surface area contributed by atoms with Gasteiger partial charge in [-0.1, -0.05) is 0 Å². The lowest BCUT2D eigenvalue weighted by Gasteiger charge is -2.25. The van der Waals surface area contributed by atoms with Crippen molar-refractivity contribution in [1.82, 2.24) is 0 Å². The van der Waals surface area contributed by atoms with E-state index in [0.717, 1.165) is 0 Å². The van der Waals surface area contributed by atoms with Crippen molar-refractivity contribution < 1.29 is 18.2 Å². The van der Waals surface area contributed by atoms with Gasteiger partial charge in [-0.25, -0.2) is 4.21 Å². The first-order chi connectivity index (χ1) is 7.98. The molecular formula is C12H18O4S. The molecule has 96 valence electrons. The van der Waals surface area contributed by atoms with Gasteiger partial charge in [-0.05, 0) is 38.1 Å². The van der Waals surface area contributed by atoms with E-state index in [1.807, 2.05) is 13.8 Å². The Bertz CT molecular complexity index is 373. The van der Waals surface area contributed by atoms with E-state index < -0.39 is 16.7 Å². The fourth-order valence-corrected chi connectivity index (χ4v) is 1.91. The molecule has 17 heavy (non-hydrogen) atoms. The molecule has 0 saturated carbocycles.